The van der Waals surface area contributed by atoms with E-state index in [1.54, 1.807) is 19.2 Å². The third kappa shape index (κ3) is 19.2. The Morgan fingerprint density at radius 2 is 1.38 bits per heavy atom. The number of nitrogens with zero attached hydrogens (tertiary/aromatic N) is 4. The number of aliphatic hydroxyl groups excluding tert-OH is 6. The molecule has 12 unspecified atom stereocenters. The van der Waals surface area contributed by atoms with E-state index in [0.29, 0.717) is 27.9 Å². The minimum absolute atomic E-state index is 0.00161. The monoisotopic (exact) mass is 1310 g/mol. The molecule has 496 valence electrons. The van der Waals surface area contributed by atoms with Crippen molar-refractivity contribution in [2.75, 3.05) is 40.0 Å². The zero-order valence-corrected chi connectivity index (χ0v) is 51.5. The molecule has 1 aromatic heterocycles. The Morgan fingerprint density at radius 1 is 0.758 bits per heavy atom. The van der Waals surface area contributed by atoms with Crippen LogP contribution in [0.4, 0.5) is 0 Å². The number of β-amino-alcohol motifs (C(OH)–C–C–N with tert-alkyl or cyclic N) is 1. The number of methoxy groups -OCH3 is 1. The molecule has 33 heteroatoms. The lowest BCUT2D eigenvalue weighted by atomic mass is 9.98. The lowest BCUT2D eigenvalue weighted by Gasteiger charge is -2.33. The second-order valence-electron chi connectivity index (χ2n) is 22.4. The van der Waals surface area contributed by atoms with Gasteiger partial charge in [-0.05, 0) is 73.9 Å². The number of fused-ring (bicyclic) bond motifs is 2. The van der Waals surface area contributed by atoms with E-state index < -0.39 is 177 Å². The second kappa shape index (κ2) is 33.6. The van der Waals surface area contributed by atoms with Gasteiger partial charge in [-0.15, -0.1) is 10.2 Å². The molecular weight excluding hydrogens is 1240 g/mol. The van der Waals surface area contributed by atoms with Crippen LogP contribution in [0.3, 0.4) is 0 Å². The van der Waals surface area contributed by atoms with Crippen LogP contribution in [0.5, 0.6) is 17.2 Å². The number of hydrogen-bond acceptors (Lipinski definition) is 25. The Balaban J connectivity index is 1.15. The van der Waals surface area contributed by atoms with Crippen LogP contribution in [-0.2, 0) is 54.1 Å². The van der Waals surface area contributed by atoms with Crippen molar-refractivity contribution < 1.29 is 102 Å². The van der Waals surface area contributed by atoms with Crippen molar-refractivity contribution in [1.82, 2.24) is 46.6 Å². The molecule has 15 N–H and O–H groups in total. The van der Waals surface area contributed by atoms with Crippen LogP contribution in [0.1, 0.15) is 81.1 Å². The zero-order chi connectivity index (χ0) is 66.1. The largest absolute Gasteiger partial charge is 0.504 e. The number of carbonyl (C=O) groups excluding carboxylic acids is 8. The summed E-state index contributed by atoms with van der Waals surface area (Å²) in [5.74, 6) is -10.4. The maximum absolute atomic E-state index is 14.7. The molecule has 4 heterocycles. The minimum atomic E-state index is -2.22. The molecule has 91 heavy (non-hydrogen) atoms. The Morgan fingerprint density at radius 3 is 2.03 bits per heavy atom. The number of aromatic nitrogens is 2. The van der Waals surface area contributed by atoms with E-state index in [1.165, 1.54) is 36.5 Å². The smallest absolute Gasteiger partial charge is 0.261 e. The average Bonchev–Trinajstić information content (AvgIpc) is 1.79. The normalized spacial score (nSPS) is 24.8. The molecule has 3 fully saturated rings. The number of primary amides is 1. The van der Waals surface area contributed by atoms with Crippen LogP contribution in [0.15, 0.2) is 66.7 Å². The predicted molar refractivity (Wildman–Crippen MR) is 321 cm³/mol. The quantitative estimate of drug-likeness (QED) is 0.0168. The van der Waals surface area contributed by atoms with Gasteiger partial charge in [0.1, 0.15) is 52.0 Å². The molecule has 0 radical (unpaired) electrons. The van der Waals surface area contributed by atoms with Gasteiger partial charge < -0.3 is 91.5 Å². The van der Waals surface area contributed by atoms with Crippen molar-refractivity contribution in [2.24, 2.45) is 11.7 Å². The van der Waals surface area contributed by atoms with Gasteiger partial charge in [0.05, 0.1) is 49.7 Å². The average molecular weight is 1310 g/mol. The Labute approximate surface area is 530 Å². The minimum Gasteiger partial charge on any atom is -0.504 e. The molecule has 4 aromatic rings. The standard InChI is InChI=1S/C58H76N10O21S2/c1-29-27-68-48(49(29)76)54(81)60-26-35(70)23-38(61-50(77)32-10-12-33(13-11-32)55-65-66-56(90-55)34-14-16-37(17-15-34)86-20-8-6-4-5-7-19-85-3)51(78)62-45(30(2)69)57(82)67-28-36(71)24-39(67)52(79)63-46(53(80)64-47(58(68)83)42(74)25-44(59)75)41(73)21-31-9-18-40(72)43(22-31)87-91-89-88-84/h9-18,22,29-30,35-36,38-39,41-42,45-49,69-74,76,84H,4-8,19-21,23-28H2,1-3H3,(H2,59,75)(H,60,81)(H,61,77)(H,62,78)(H,63,79)(H,64,80)/t29?,30?,35?,36?,38-,39?,41?,42?,45?,46?,47?,48?,49?/m0/s1. The van der Waals surface area contributed by atoms with Crippen LogP contribution >= 0.6 is 23.7 Å². The summed E-state index contributed by atoms with van der Waals surface area (Å²) in [5.41, 5.74) is 6.86. The Bertz CT molecular complexity index is 3150. The number of nitrogens with one attached hydrogen (secondary N) is 5. The van der Waals surface area contributed by atoms with E-state index in [0.717, 1.165) is 73.1 Å². The van der Waals surface area contributed by atoms with Gasteiger partial charge in [-0.3, -0.25) is 38.4 Å². The first kappa shape index (κ1) is 70.8. The van der Waals surface area contributed by atoms with Gasteiger partial charge in [0.25, 0.3) is 18.2 Å². The molecule has 13 atom stereocenters. The van der Waals surface area contributed by atoms with Gasteiger partial charge in [-0.2, -0.15) is 0 Å². The van der Waals surface area contributed by atoms with Crippen molar-refractivity contribution in [3.8, 4) is 38.4 Å². The molecule has 8 amide bonds. The van der Waals surface area contributed by atoms with E-state index in [-0.39, 0.29) is 29.2 Å². The van der Waals surface area contributed by atoms with Crippen LogP contribution in [0.2, 0.25) is 0 Å². The summed E-state index contributed by atoms with van der Waals surface area (Å²) in [6, 6.07) is 5.30. The highest BCUT2D eigenvalue weighted by Gasteiger charge is 2.50. The summed E-state index contributed by atoms with van der Waals surface area (Å²) in [5, 5.41) is 112. The molecule has 3 aliphatic heterocycles. The summed E-state index contributed by atoms with van der Waals surface area (Å²) < 4.78 is 20.3. The number of rotatable bonds is 24. The molecule has 0 spiro atoms. The van der Waals surface area contributed by atoms with Gasteiger partial charge in [0.15, 0.2) is 11.5 Å². The van der Waals surface area contributed by atoms with Crippen molar-refractivity contribution in [2.45, 2.75) is 145 Å². The van der Waals surface area contributed by atoms with Gasteiger partial charge >= 0.3 is 0 Å². The number of aromatic hydroxyl groups is 1. The highest BCUT2D eigenvalue weighted by atomic mass is 32.2. The zero-order valence-electron chi connectivity index (χ0n) is 49.8. The fraction of sp³-hybridized carbons (Fsp3) is 0.517. The molecule has 3 aromatic carbocycles. The van der Waals surface area contributed by atoms with E-state index in [1.807, 2.05) is 24.3 Å². The number of nitrogens with two attached hydrogens (primary N) is 1. The number of carbonyl (C=O) groups is 8. The topological polar surface area (TPSA) is 463 Å². The van der Waals surface area contributed by atoms with E-state index in [9.17, 15) is 74.1 Å². The van der Waals surface area contributed by atoms with Crippen molar-refractivity contribution in [1.29, 1.82) is 0 Å². The number of benzene rings is 3. The van der Waals surface area contributed by atoms with Crippen LogP contribution in [-0.4, -0.2) is 221 Å². The lowest BCUT2D eigenvalue weighted by molar-refractivity contribution is -0.433. The maximum atomic E-state index is 14.7. The number of ether oxygens (including phenoxy) is 2. The van der Waals surface area contributed by atoms with Crippen molar-refractivity contribution in [3.05, 3.63) is 77.9 Å². The third-order valence-electron chi connectivity index (χ3n) is 15.5. The first-order valence-electron chi connectivity index (χ1n) is 29.2. The first-order chi connectivity index (χ1) is 43.5. The summed E-state index contributed by atoms with van der Waals surface area (Å²) in [6.07, 6.45) is -8.43. The van der Waals surface area contributed by atoms with E-state index in [2.05, 4.69) is 46.2 Å². The predicted octanol–water partition coefficient (Wildman–Crippen LogP) is -1.26. The second-order valence-corrected chi connectivity index (χ2v) is 23.8. The fourth-order valence-corrected chi connectivity index (χ4v) is 11.8. The molecular formula is C58H76N10O21S2. The SMILES string of the molecule is COCCCCCCCOc1ccc(-c2nnc(-c3ccc(C(=O)N[C@H]4CC(O)CNC(=O)C5C(O)C(C)CN5C(=O)C(C(O)CC(N)=O)NC(=O)C(C(O)Cc5ccc(O)c(OSOOO)c5)NC(=O)C5CC(O)CN5C(=O)C(C(C)O)NC4=O)cc3)s2)cc1. The molecule has 0 bridgehead atoms. The molecule has 31 nitrogen and oxygen atoms in total. The van der Waals surface area contributed by atoms with Gasteiger partial charge in [0, 0.05) is 75.2 Å². The fourth-order valence-electron chi connectivity index (χ4n) is 10.6. The van der Waals surface area contributed by atoms with Crippen molar-refractivity contribution in [3.63, 3.8) is 0 Å². The van der Waals surface area contributed by atoms with Gasteiger partial charge in [-0.1, -0.05) is 65.1 Å². The maximum Gasteiger partial charge on any atom is 0.261 e. The summed E-state index contributed by atoms with van der Waals surface area (Å²) in [4.78, 5) is 115. The Kier molecular flexibility index (Phi) is 26.1. The molecule has 0 saturated carbocycles. The summed E-state index contributed by atoms with van der Waals surface area (Å²) in [7, 11) is 1.69. The highest BCUT2D eigenvalue weighted by molar-refractivity contribution is 7.90. The number of amides is 8. The highest BCUT2D eigenvalue weighted by Crippen LogP contribution is 2.33. The van der Waals surface area contributed by atoms with Crippen molar-refractivity contribution >= 4 is 70.9 Å². The third-order valence-corrected chi connectivity index (χ3v) is 16.9. The number of hydrogen-bond donors (Lipinski definition) is 14. The number of phenols is 1. The summed E-state index contributed by atoms with van der Waals surface area (Å²) >= 11 is 1.34. The number of phenolic OH excluding ortho intramolecular Hbond substituents is 1. The first-order valence-corrected chi connectivity index (χ1v) is 30.7. The molecule has 0 aliphatic carbocycles. The van der Waals surface area contributed by atoms with Crippen LogP contribution in [0, 0.1) is 5.92 Å². The molecule has 3 aliphatic rings. The number of aliphatic hydroxyl groups is 6. The van der Waals surface area contributed by atoms with Crippen LogP contribution < -0.4 is 41.2 Å². The molecule has 7 rings (SSSR count). The Hall–Kier alpha value is -7.67. The summed E-state index contributed by atoms with van der Waals surface area (Å²) in [6.45, 7) is 2.19. The number of unbranched alkanes of at least 4 members (excludes halogenated alkanes) is 4. The lowest BCUT2D eigenvalue weighted by Crippen LogP contribution is -2.64. The van der Waals surface area contributed by atoms with Gasteiger partial charge in [0.2, 0.25) is 41.4 Å². The molecule has 3 saturated heterocycles. The van der Waals surface area contributed by atoms with E-state index in [4.69, 9.17) is 24.6 Å². The van der Waals surface area contributed by atoms with Crippen LogP contribution in [0.25, 0.3) is 21.1 Å². The van der Waals surface area contributed by atoms with Gasteiger partial charge in [-0.25, -0.2) is 5.26 Å². The van der Waals surface area contributed by atoms with E-state index >= 15 is 0 Å².